The maximum atomic E-state index is 7.23. The minimum Gasteiger partial charge on any atom is -0.120 e. The van der Waals surface area contributed by atoms with E-state index in [1.807, 2.05) is 42.5 Å². The number of hydrogen-bond acceptors (Lipinski definition) is 0. The van der Waals surface area contributed by atoms with Crippen molar-refractivity contribution in [3.63, 3.8) is 0 Å². The highest BCUT2D eigenvalue weighted by Crippen LogP contribution is 2.53. The molecule has 4 atom stereocenters. The maximum Gasteiger partial charge on any atom is 0.111 e. The molecular formula is C24H18Cl4. The second-order valence-corrected chi connectivity index (χ2v) is 9.91. The van der Waals surface area contributed by atoms with Crippen molar-refractivity contribution in [2.45, 2.75) is 33.3 Å². The maximum absolute atomic E-state index is 7.23. The van der Waals surface area contributed by atoms with Crippen LogP contribution in [0.25, 0.3) is 0 Å². The van der Waals surface area contributed by atoms with Gasteiger partial charge in [-0.05, 0) is 46.2 Å². The van der Waals surface area contributed by atoms with Gasteiger partial charge in [0.1, 0.15) is 9.75 Å². The number of fused-ring (bicyclic) bond motifs is 2. The Labute approximate surface area is 185 Å². The van der Waals surface area contributed by atoms with Gasteiger partial charge in [-0.2, -0.15) is 0 Å². The van der Waals surface area contributed by atoms with Crippen LogP contribution in [0.4, 0.5) is 0 Å². The molecule has 2 aliphatic rings. The first-order chi connectivity index (χ1) is 13.5. The molecule has 3 aromatic carbocycles. The molecule has 5 rings (SSSR count). The third kappa shape index (κ3) is 2.52. The Kier molecular flexibility index (Phi) is 4.49. The van der Waals surface area contributed by atoms with Crippen molar-refractivity contribution in [2.24, 2.45) is 0 Å². The highest BCUT2D eigenvalue weighted by molar-refractivity contribution is 6.36. The number of benzene rings is 3. The fourth-order valence-electron chi connectivity index (χ4n) is 4.76. The van der Waals surface area contributed by atoms with Gasteiger partial charge in [-0.1, -0.05) is 72.8 Å². The van der Waals surface area contributed by atoms with E-state index in [9.17, 15) is 0 Å². The predicted molar refractivity (Wildman–Crippen MR) is 119 cm³/mol. The van der Waals surface area contributed by atoms with Gasteiger partial charge in [0.25, 0.3) is 0 Å². The largest absolute Gasteiger partial charge is 0.120 e. The number of alkyl halides is 4. The first-order valence-corrected chi connectivity index (χ1v) is 11.0. The van der Waals surface area contributed by atoms with Crippen LogP contribution in [0.3, 0.4) is 0 Å². The summed E-state index contributed by atoms with van der Waals surface area (Å²) in [6.07, 6.45) is 1.50. The lowest BCUT2D eigenvalue weighted by atomic mass is 9.86. The molecule has 0 nitrogen and oxygen atoms in total. The normalized spacial score (nSPS) is 30.9. The molecule has 0 aromatic heterocycles. The fraction of sp³-hybridized carbons (Fsp3) is 0.250. The molecule has 0 unspecified atom stereocenters. The molecule has 0 fully saturated rings. The van der Waals surface area contributed by atoms with E-state index in [2.05, 4.69) is 30.3 Å². The van der Waals surface area contributed by atoms with Crippen LogP contribution >= 0.6 is 46.4 Å². The summed E-state index contributed by atoms with van der Waals surface area (Å²) in [6, 6.07) is 24.6. The minimum absolute atomic E-state index is 0.226. The standard InChI is InChI=1S/C24H18Cl4/c25-21-12-15-6-1-3-10-19(15)23(21,27)17-8-5-9-18(14-17)24(28)20-11-4-2-7-16(20)13-22(24)26/h1-11,14,21-22H,12-13H2/t21-,22-,23-,24-/m1/s1. The van der Waals surface area contributed by atoms with E-state index in [4.69, 9.17) is 46.4 Å². The molecule has 0 N–H and O–H groups in total. The van der Waals surface area contributed by atoms with Crippen molar-refractivity contribution in [1.29, 1.82) is 0 Å². The van der Waals surface area contributed by atoms with Crippen LogP contribution in [-0.4, -0.2) is 10.8 Å². The van der Waals surface area contributed by atoms with Gasteiger partial charge in [-0.15, -0.1) is 46.4 Å². The van der Waals surface area contributed by atoms with Crippen molar-refractivity contribution >= 4 is 46.4 Å². The van der Waals surface area contributed by atoms with Crippen molar-refractivity contribution in [3.8, 4) is 0 Å². The minimum atomic E-state index is -0.776. The smallest absolute Gasteiger partial charge is 0.111 e. The SMILES string of the molecule is Cl[C@@H]1Cc2ccccc2[C@]1(Cl)c1cccc([C@@]2(Cl)c3ccccc3C[C@H]2Cl)c1. The van der Waals surface area contributed by atoms with Crippen molar-refractivity contribution in [3.05, 3.63) is 106 Å². The van der Waals surface area contributed by atoms with Gasteiger partial charge in [0.05, 0.1) is 10.8 Å². The van der Waals surface area contributed by atoms with Crippen LogP contribution in [0.5, 0.6) is 0 Å². The highest BCUT2D eigenvalue weighted by Gasteiger charge is 2.49. The molecule has 4 heteroatoms. The van der Waals surface area contributed by atoms with Crippen molar-refractivity contribution in [2.75, 3.05) is 0 Å². The van der Waals surface area contributed by atoms with Gasteiger partial charge in [-0.25, -0.2) is 0 Å². The zero-order chi connectivity index (χ0) is 19.5. The van der Waals surface area contributed by atoms with Crippen LogP contribution in [0, 0.1) is 0 Å². The third-order valence-electron chi connectivity index (χ3n) is 6.18. The average molecular weight is 448 g/mol. The summed E-state index contributed by atoms with van der Waals surface area (Å²) in [7, 11) is 0. The van der Waals surface area contributed by atoms with E-state index in [1.54, 1.807) is 0 Å². The molecule has 3 aromatic rings. The van der Waals surface area contributed by atoms with E-state index in [-0.39, 0.29) is 10.8 Å². The summed E-state index contributed by atoms with van der Waals surface area (Å²) in [5, 5.41) is -0.452. The molecule has 0 saturated carbocycles. The van der Waals surface area contributed by atoms with E-state index < -0.39 is 9.75 Å². The van der Waals surface area contributed by atoms with E-state index >= 15 is 0 Å². The van der Waals surface area contributed by atoms with Crippen LogP contribution < -0.4 is 0 Å². The third-order valence-corrected chi connectivity index (χ3v) is 8.74. The Bertz CT molecular complexity index is 981. The van der Waals surface area contributed by atoms with Crippen LogP contribution in [0.15, 0.2) is 72.8 Å². The van der Waals surface area contributed by atoms with Gasteiger partial charge >= 0.3 is 0 Å². The molecule has 0 amide bonds. The summed E-state index contributed by atoms with van der Waals surface area (Å²) in [4.78, 5) is -1.55. The van der Waals surface area contributed by atoms with Crippen LogP contribution in [0.2, 0.25) is 0 Å². The molecular weight excluding hydrogens is 430 g/mol. The van der Waals surface area contributed by atoms with E-state index in [0.29, 0.717) is 0 Å². The van der Waals surface area contributed by atoms with Crippen LogP contribution in [0.1, 0.15) is 33.4 Å². The molecule has 0 heterocycles. The van der Waals surface area contributed by atoms with E-state index in [0.717, 1.165) is 35.1 Å². The van der Waals surface area contributed by atoms with Crippen molar-refractivity contribution < 1.29 is 0 Å². The van der Waals surface area contributed by atoms with Gasteiger partial charge in [-0.3, -0.25) is 0 Å². The topological polar surface area (TPSA) is 0 Å². The molecule has 0 saturated heterocycles. The first kappa shape index (κ1) is 18.8. The van der Waals surface area contributed by atoms with Gasteiger partial charge in [0, 0.05) is 0 Å². The zero-order valence-corrected chi connectivity index (χ0v) is 18.0. The summed E-state index contributed by atoms with van der Waals surface area (Å²) in [6.45, 7) is 0. The molecule has 28 heavy (non-hydrogen) atoms. The second-order valence-electron chi connectivity index (χ2n) is 7.66. The van der Waals surface area contributed by atoms with E-state index in [1.165, 1.54) is 11.1 Å². The monoisotopic (exact) mass is 446 g/mol. The Hall–Kier alpha value is -1.18. The Morgan fingerprint density at radius 1 is 0.607 bits per heavy atom. The summed E-state index contributed by atoms with van der Waals surface area (Å²) >= 11 is 28.0. The Morgan fingerprint density at radius 3 is 1.50 bits per heavy atom. The summed E-state index contributed by atoms with van der Waals surface area (Å²) in [5.74, 6) is 0. The molecule has 0 radical (unpaired) electrons. The lowest BCUT2D eigenvalue weighted by molar-refractivity contribution is 0.699. The molecule has 0 aliphatic heterocycles. The zero-order valence-electron chi connectivity index (χ0n) is 15.0. The molecule has 0 spiro atoms. The lowest BCUT2D eigenvalue weighted by Crippen LogP contribution is -2.30. The van der Waals surface area contributed by atoms with Gasteiger partial charge in [0.15, 0.2) is 0 Å². The quantitative estimate of drug-likeness (QED) is 0.371. The Balaban J connectivity index is 1.66. The number of halogens is 4. The Morgan fingerprint density at radius 2 is 1.04 bits per heavy atom. The summed E-state index contributed by atoms with van der Waals surface area (Å²) < 4.78 is 0. The van der Waals surface area contributed by atoms with Crippen molar-refractivity contribution in [1.82, 2.24) is 0 Å². The lowest BCUT2D eigenvalue weighted by Gasteiger charge is -2.31. The predicted octanol–water partition coefficient (Wildman–Crippen LogP) is 6.98. The van der Waals surface area contributed by atoms with Gasteiger partial charge in [0.2, 0.25) is 0 Å². The van der Waals surface area contributed by atoms with Crippen LogP contribution in [-0.2, 0) is 22.6 Å². The van der Waals surface area contributed by atoms with Gasteiger partial charge < -0.3 is 0 Å². The second kappa shape index (κ2) is 6.67. The summed E-state index contributed by atoms with van der Waals surface area (Å²) in [5.41, 5.74) is 6.47. The molecule has 142 valence electrons. The fourth-order valence-corrected chi connectivity index (χ4v) is 6.33. The first-order valence-electron chi connectivity index (χ1n) is 9.39. The highest BCUT2D eigenvalue weighted by atomic mass is 35.5. The number of rotatable bonds is 2. The molecule has 2 aliphatic carbocycles. The molecule has 0 bridgehead atoms. The number of hydrogen-bond donors (Lipinski definition) is 0. The average Bonchev–Trinajstić information content (AvgIpc) is 3.14.